The van der Waals surface area contributed by atoms with Crippen LogP contribution in [0.15, 0.2) is 89.9 Å². The minimum atomic E-state index is -0.204. The molecule has 30 heavy (non-hydrogen) atoms. The molecule has 5 nitrogen and oxygen atoms in total. The Balaban J connectivity index is 1.78. The Morgan fingerprint density at radius 1 is 0.900 bits per heavy atom. The van der Waals surface area contributed by atoms with Gasteiger partial charge in [0.1, 0.15) is 0 Å². The Bertz CT molecular complexity index is 1180. The standard InChI is InChI=1S/C24H20BrN4O/c1-17-6-10-19(11-7-17)21-16-26-23(22(25)27-21)29(28-14-4-3-5-15-28)24(30)20-12-8-18(2)9-13-20/h3-16H,1-2H3/q+1. The molecule has 4 rings (SSSR count). The van der Waals surface area contributed by atoms with Gasteiger partial charge in [-0.05, 0) is 41.9 Å². The van der Waals surface area contributed by atoms with Gasteiger partial charge in [-0.3, -0.25) is 4.79 Å². The number of carbonyl (C=O) groups is 1. The molecular formula is C24H20BrN4O+. The Labute approximate surface area is 183 Å². The van der Waals surface area contributed by atoms with Gasteiger partial charge in [0.05, 0.1) is 11.9 Å². The normalized spacial score (nSPS) is 10.6. The third kappa shape index (κ3) is 4.14. The van der Waals surface area contributed by atoms with Gasteiger partial charge in [0.2, 0.25) is 18.2 Å². The number of rotatable bonds is 4. The monoisotopic (exact) mass is 459 g/mol. The Hall–Kier alpha value is -3.38. The predicted octanol–water partition coefficient (Wildman–Crippen LogP) is 4.92. The number of hydrogen-bond acceptors (Lipinski definition) is 3. The molecule has 2 aromatic carbocycles. The summed E-state index contributed by atoms with van der Waals surface area (Å²) in [5.74, 6) is 0.205. The van der Waals surface area contributed by atoms with Gasteiger partial charge in [-0.1, -0.05) is 63.3 Å². The summed E-state index contributed by atoms with van der Waals surface area (Å²) in [4.78, 5) is 22.7. The van der Waals surface area contributed by atoms with Crippen molar-refractivity contribution in [2.24, 2.45) is 0 Å². The Morgan fingerprint density at radius 3 is 2.10 bits per heavy atom. The summed E-state index contributed by atoms with van der Waals surface area (Å²) in [5.41, 5.74) is 4.52. The van der Waals surface area contributed by atoms with Gasteiger partial charge in [0.25, 0.3) is 0 Å². The van der Waals surface area contributed by atoms with Crippen LogP contribution in [0.5, 0.6) is 0 Å². The van der Waals surface area contributed by atoms with E-state index in [4.69, 9.17) is 0 Å². The highest BCUT2D eigenvalue weighted by Gasteiger charge is 2.30. The van der Waals surface area contributed by atoms with Crippen molar-refractivity contribution >= 4 is 27.7 Å². The van der Waals surface area contributed by atoms with E-state index >= 15 is 0 Å². The number of hydrogen-bond donors (Lipinski definition) is 0. The second-order valence-corrected chi connectivity index (χ2v) is 7.73. The molecule has 0 atom stereocenters. The summed E-state index contributed by atoms with van der Waals surface area (Å²) in [6.07, 6.45) is 5.28. The predicted molar refractivity (Wildman–Crippen MR) is 120 cm³/mol. The van der Waals surface area contributed by atoms with Crippen molar-refractivity contribution in [3.05, 3.63) is 107 Å². The number of amides is 1. The number of aryl methyl sites for hydroxylation is 2. The first kappa shape index (κ1) is 19.9. The van der Waals surface area contributed by atoms with Gasteiger partial charge in [0.15, 0.2) is 4.60 Å². The maximum atomic E-state index is 13.4. The fourth-order valence-electron chi connectivity index (χ4n) is 3.02. The minimum Gasteiger partial charge on any atom is -0.263 e. The van der Waals surface area contributed by atoms with E-state index in [1.165, 1.54) is 10.6 Å². The number of benzene rings is 2. The van der Waals surface area contributed by atoms with E-state index in [1.54, 1.807) is 23.3 Å². The van der Waals surface area contributed by atoms with E-state index in [1.807, 2.05) is 80.6 Å². The highest BCUT2D eigenvalue weighted by Crippen LogP contribution is 2.26. The lowest BCUT2D eigenvalue weighted by Crippen LogP contribution is -2.57. The lowest BCUT2D eigenvalue weighted by atomic mass is 10.1. The first-order chi connectivity index (χ1) is 14.5. The summed E-state index contributed by atoms with van der Waals surface area (Å²) < 4.78 is 2.18. The van der Waals surface area contributed by atoms with E-state index in [2.05, 4.69) is 25.9 Å². The minimum absolute atomic E-state index is 0.204. The van der Waals surface area contributed by atoms with E-state index < -0.39 is 0 Å². The molecule has 0 saturated carbocycles. The Morgan fingerprint density at radius 2 is 1.50 bits per heavy atom. The molecule has 2 heterocycles. The zero-order valence-corrected chi connectivity index (χ0v) is 18.2. The van der Waals surface area contributed by atoms with Crippen molar-refractivity contribution < 1.29 is 9.47 Å². The third-order valence-corrected chi connectivity index (χ3v) is 5.21. The van der Waals surface area contributed by atoms with E-state index in [0.717, 1.165) is 16.8 Å². The highest BCUT2D eigenvalue weighted by atomic mass is 79.9. The average Bonchev–Trinajstić information content (AvgIpc) is 2.77. The van der Waals surface area contributed by atoms with Crippen molar-refractivity contribution in [2.45, 2.75) is 13.8 Å². The summed E-state index contributed by atoms with van der Waals surface area (Å²) in [6, 6.07) is 21.2. The molecule has 0 bridgehead atoms. The summed E-state index contributed by atoms with van der Waals surface area (Å²) >= 11 is 3.53. The van der Waals surface area contributed by atoms with Crippen LogP contribution < -0.4 is 9.69 Å². The topological polar surface area (TPSA) is 50.0 Å². The second-order valence-electron chi connectivity index (χ2n) is 6.97. The van der Waals surface area contributed by atoms with Crippen LogP contribution in [0.4, 0.5) is 5.82 Å². The fourth-order valence-corrected chi connectivity index (χ4v) is 3.48. The number of anilines is 1. The molecule has 0 fully saturated rings. The van der Waals surface area contributed by atoms with Gasteiger partial charge < -0.3 is 0 Å². The molecule has 148 valence electrons. The molecule has 0 aliphatic carbocycles. The molecule has 1 amide bonds. The van der Waals surface area contributed by atoms with Crippen LogP contribution in [0.2, 0.25) is 0 Å². The number of aromatic nitrogens is 3. The van der Waals surface area contributed by atoms with E-state index in [-0.39, 0.29) is 5.91 Å². The summed E-state index contributed by atoms with van der Waals surface area (Å²) in [7, 11) is 0. The van der Waals surface area contributed by atoms with Crippen LogP contribution in [0.1, 0.15) is 21.5 Å². The number of carbonyl (C=O) groups excluding carboxylic acids is 1. The lowest BCUT2D eigenvalue weighted by Gasteiger charge is -2.16. The van der Waals surface area contributed by atoms with Crippen molar-refractivity contribution in [1.29, 1.82) is 0 Å². The van der Waals surface area contributed by atoms with Gasteiger partial charge in [-0.15, -0.1) is 0 Å². The molecule has 0 aliphatic heterocycles. The number of halogens is 1. The summed E-state index contributed by atoms with van der Waals surface area (Å²) in [5, 5.41) is 1.50. The zero-order chi connectivity index (χ0) is 21.1. The molecule has 0 N–H and O–H groups in total. The molecule has 4 aromatic rings. The molecular weight excluding hydrogens is 440 g/mol. The summed E-state index contributed by atoms with van der Waals surface area (Å²) in [6.45, 7) is 4.03. The SMILES string of the molecule is Cc1ccc(C(=O)N(c2ncc(-c3ccc(C)cc3)nc2Br)[n+]2ccccc2)cc1. The van der Waals surface area contributed by atoms with Gasteiger partial charge in [-0.25, -0.2) is 9.97 Å². The van der Waals surface area contributed by atoms with Crippen molar-refractivity contribution in [3.8, 4) is 11.3 Å². The molecule has 6 heteroatoms. The molecule has 0 saturated heterocycles. The molecule has 0 aliphatic rings. The molecule has 2 aromatic heterocycles. The average molecular weight is 460 g/mol. The van der Waals surface area contributed by atoms with Crippen molar-refractivity contribution in [2.75, 3.05) is 5.01 Å². The van der Waals surface area contributed by atoms with Crippen molar-refractivity contribution in [1.82, 2.24) is 9.97 Å². The van der Waals surface area contributed by atoms with Gasteiger partial charge in [-0.2, -0.15) is 0 Å². The van der Waals surface area contributed by atoms with Gasteiger partial charge in [0, 0.05) is 23.3 Å². The third-order valence-electron chi connectivity index (χ3n) is 4.68. The fraction of sp³-hybridized carbons (Fsp3) is 0.0833. The van der Waals surface area contributed by atoms with Crippen molar-refractivity contribution in [3.63, 3.8) is 0 Å². The number of nitrogens with zero attached hydrogens (tertiary/aromatic N) is 4. The first-order valence-electron chi connectivity index (χ1n) is 9.50. The van der Waals surface area contributed by atoms with Crippen LogP contribution >= 0.6 is 15.9 Å². The molecule has 0 unspecified atom stereocenters. The van der Waals surface area contributed by atoms with Crippen LogP contribution in [-0.4, -0.2) is 15.9 Å². The van der Waals surface area contributed by atoms with Crippen LogP contribution in [0.3, 0.4) is 0 Å². The van der Waals surface area contributed by atoms with Crippen LogP contribution in [-0.2, 0) is 0 Å². The van der Waals surface area contributed by atoms with Crippen LogP contribution in [0, 0.1) is 13.8 Å². The molecule has 0 spiro atoms. The quantitative estimate of drug-likeness (QED) is 0.407. The first-order valence-corrected chi connectivity index (χ1v) is 10.3. The highest BCUT2D eigenvalue weighted by molar-refractivity contribution is 9.10. The Kier molecular flexibility index (Phi) is 5.68. The van der Waals surface area contributed by atoms with E-state index in [9.17, 15) is 4.79 Å². The van der Waals surface area contributed by atoms with Crippen LogP contribution in [0.25, 0.3) is 11.3 Å². The maximum absolute atomic E-state index is 13.4. The van der Waals surface area contributed by atoms with E-state index in [0.29, 0.717) is 16.0 Å². The maximum Gasteiger partial charge on any atom is 0.316 e. The second kappa shape index (κ2) is 8.55. The number of pyridine rings is 1. The largest absolute Gasteiger partial charge is 0.316 e. The zero-order valence-electron chi connectivity index (χ0n) is 16.7. The smallest absolute Gasteiger partial charge is 0.263 e. The lowest BCUT2D eigenvalue weighted by molar-refractivity contribution is -0.674. The molecule has 0 radical (unpaired) electrons. The van der Waals surface area contributed by atoms with Gasteiger partial charge >= 0.3 is 5.91 Å².